The molecule has 0 amide bonds. The predicted octanol–water partition coefficient (Wildman–Crippen LogP) is 4.80. The minimum Gasteiger partial charge on any atom is -0.364 e. The molecule has 0 fully saturated rings. The highest BCUT2D eigenvalue weighted by molar-refractivity contribution is 5.78. The van der Waals surface area contributed by atoms with Gasteiger partial charge in [0.05, 0.1) is 11.0 Å². The number of benzene rings is 2. The lowest BCUT2D eigenvalue weighted by atomic mass is 10.0. The maximum Gasteiger partial charge on any atom is 0.124 e. The van der Waals surface area contributed by atoms with Gasteiger partial charge in [0.1, 0.15) is 18.3 Å². The van der Waals surface area contributed by atoms with Crippen molar-refractivity contribution >= 4 is 11.0 Å². The molecule has 0 aliphatic heterocycles. The Hall–Kier alpha value is -2.88. The molecule has 0 bridgehead atoms. The van der Waals surface area contributed by atoms with Gasteiger partial charge in [-0.3, -0.25) is 4.57 Å². The summed E-state index contributed by atoms with van der Waals surface area (Å²) in [5.41, 5.74) is 6.34. The molecule has 0 aliphatic carbocycles. The molecule has 0 spiro atoms. The van der Waals surface area contributed by atoms with Gasteiger partial charge in [-0.25, -0.2) is 4.98 Å². The molecule has 0 aliphatic rings. The third-order valence-electron chi connectivity index (χ3n) is 4.10. The Labute approximate surface area is 134 Å². The second-order valence-electron chi connectivity index (χ2n) is 5.95. The maximum atomic E-state index is 4.94. The van der Waals surface area contributed by atoms with Gasteiger partial charge in [0.25, 0.3) is 0 Å². The van der Waals surface area contributed by atoms with Crippen LogP contribution < -0.4 is 0 Å². The number of fused-ring (bicyclic) bond motifs is 1. The minimum atomic E-state index is 0.500. The van der Waals surface area contributed by atoms with Crippen LogP contribution in [0.4, 0.5) is 0 Å². The standard InChI is InChI=1S/C19H17N3O/c1-13(2)14-6-7-19-18(11-14)20-12-22(19)16-5-3-4-15(10-16)17-8-9-23-21-17/h3-13H,1-2H3. The van der Waals surface area contributed by atoms with E-state index in [4.69, 9.17) is 4.52 Å². The van der Waals surface area contributed by atoms with Crippen molar-refractivity contribution < 1.29 is 4.52 Å². The molecule has 2 heterocycles. The van der Waals surface area contributed by atoms with Crippen molar-refractivity contribution in [2.45, 2.75) is 19.8 Å². The van der Waals surface area contributed by atoms with Gasteiger partial charge in [-0.15, -0.1) is 0 Å². The van der Waals surface area contributed by atoms with Crippen LogP contribution in [-0.4, -0.2) is 14.7 Å². The van der Waals surface area contributed by atoms with Crippen molar-refractivity contribution in [3.8, 4) is 16.9 Å². The van der Waals surface area contributed by atoms with Gasteiger partial charge in [-0.1, -0.05) is 37.2 Å². The van der Waals surface area contributed by atoms with Gasteiger partial charge in [-0.2, -0.15) is 0 Å². The second-order valence-corrected chi connectivity index (χ2v) is 5.95. The molecule has 4 aromatic rings. The van der Waals surface area contributed by atoms with E-state index in [9.17, 15) is 0 Å². The first kappa shape index (κ1) is 13.8. The number of hydrogen-bond donors (Lipinski definition) is 0. The molecular formula is C19H17N3O. The summed E-state index contributed by atoms with van der Waals surface area (Å²) in [5.74, 6) is 0.500. The van der Waals surface area contributed by atoms with Gasteiger partial charge < -0.3 is 4.52 Å². The molecule has 4 rings (SSSR count). The van der Waals surface area contributed by atoms with Crippen LogP contribution in [-0.2, 0) is 0 Å². The van der Waals surface area contributed by atoms with E-state index in [0.29, 0.717) is 5.92 Å². The van der Waals surface area contributed by atoms with E-state index < -0.39 is 0 Å². The molecule has 0 saturated carbocycles. The van der Waals surface area contributed by atoms with Gasteiger partial charge in [0.15, 0.2) is 0 Å². The SMILES string of the molecule is CC(C)c1ccc2c(c1)ncn2-c1cccc(-c2ccon2)c1. The van der Waals surface area contributed by atoms with Crippen LogP contribution in [0.3, 0.4) is 0 Å². The summed E-state index contributed by atoms with van der Waals surface area (Å²) in [6.45, 7) is 4.39. The third kappa shape index (κ3) is 2.42. The summed E-state index contributed by atoms with van der Waals surface area (Å²) in [5, 5.41) is 4.00. The first-order chi connectivity index (χ1) is 11.2. The smallest absolute Gasteiger partial charge is 0.124 e. The maximum absolute atomic E-state index is 4.94. The number of rotatable bonds is 3. The first-order valence-electron chi connectivity index (χ1n) is 7.70. The topological polar surface area (TPSA) is 43.9 Å². The van der Waals surface area contributed by atoms with Crippen LogP contribution in [0.15, 0.2) is 65.6 Å². The highest BCUT2D eigenvalue weighted by Gasteiger charge is 2.09. The van der Waals surface area contributed by atoms with Gasteiger partial charge in [0, 0.05) is 17.3 Å². The van der Waals surface area contributed by atoms with E-state index in [-0.39, 0.29) is 0 Å². The Kier molecular flexibility index (Phi) is 3.23. The van der Waals surface area contributed by atoms with Gasteiger partial charge in [-0.05, 0) is 35.7 Å². The molecular weight excluding hydrogens is 286 g/mol. The molecule has 0 atom stereocenters. The molecule has 0 radical (unpaired) electrons. The van der Waals surface area contributed by atoms with Crippen molar-refractivity contribution in [2.75, 3.05) is 0 Å². The highest BCUT2D eigenvalue weighted by atomic mass is 16.5. The van der Waals surface area contributed by atoms with Crippen LogP contribution in [0.25, 0.3) is 28.0 Å². The zero-order chi connectivity index (χ0) is 15.8. The Morgan fingerprint density at radius 3 is 2.74 bits per heavy atom. The summed E-state index contributed by atoms with van der Waals surface area (Å²) in [7, 11) is 0. The molecule has 4 nitrogen and oxygen atoms in total. The van der Waals surface area contributed by atoms with Crippen LogP contribution in [0.5, 0.6) is 0 Å². The summed E-state index contributed by atoms with van der Waals surface area (Å²) in [4.78, 5) is 4.56. The lowest BCUT2D eigenvalue weighted by Gasteiger charge is -2.08. The molecule has 4 heteroatoms. The molecule has 0 saturated heterocycles. The van der Waals surface area contributed by atoms with Gasteiger partial charge >= 0.3 is 0 Å². The second kappa shape index (κ2) is 5.39. The van der Waals surface area contributed by atoms with Crippen molar-refractivity contribution in [1.82, 2.24) is 14.7 Å². The number of imidazole rings is 1. The Morgan fingerprint density at radius 2 is 1.96 bits per heavy atom. The van der Waals surface area contributed by atoms with Gasteiger partial charge in [0.2, 0.25) is 0 Å². The Balaban J connectivity index is 1.82. The molecule has 2 aromatic heterocycles. The average molecular weight is 303 g/mol. The van der Waals surface area contributed by atoms with Crippen LogP contribution in [0, 0.1) is 0 Å². The van der Waals surface area contributed by atoms with Crippen molar-refractivity contribution in [3.63, 3.8) is 0 Å². The van der Waals surface area contributed by atoms with Crippen molar-refractivity contribution in [2.24, 2.45) is 0 Å². The summed E-state index contributed by atoms with van der Waals surface area (Å²) >= 11 is 0. The summed E-state index contributed by atoms with van der Waals surface area (Å²) in [6.07, 6.45) is 3.46. The van der Waals surface area contributed by atoms with Crippen molar-refractivity contribution in [1.29, 1.82) is 0 Å². The molecule has 2 aromatic carbocycles. The Bertz CT molecular complexity index is 952. The fraction of sp³-hybridized carbons (Fsp3) is 0.158. The average Bonchev–Trinajstić information content (AvgIpc) is 3.24. The van der Waals surface area contributed by atoms with Crippen molar-refractivity contribution in [3.05, 3.63) is 66.7 Å². The van der Waals surface area contributed by atoms with Crippen LogP contribution in [0.1, 0.15) is 25.3 Å². The van der Waals surface area contributed by atoms with E-state index in [1.54, 1.807) is 6.26 Å². The minimum absolute atomic E-state index is 0.500. The molecule has 23 heavy (non-hydrogen) atoms. The summed E-state index contributed by atoms with van der Waals surface area (Å²) < 4.78 is 7.04. The molecule has 0 N–H and O–H groups in total. The molecule has 114 valence electrons. The van der Waals surface area contributed by atoms with E-state index in [2.05, 4.69) is 58.9 Å². The fourth-order valence-corrected chi connectivity index (χ4v) is 2.77. The van der Waals surface area contributed by atoms with Crippen LogP contribution >= 0.6 is 0 Å². The Morgan fingerprint density at radius 1 is 1.04 bits per heavy atom. The third-order valence-corrected chi connectivity index (χ3v) is 4.10. The zero-order valence-corrected chi connectivity index (χ0v) is 13.1. The first-order valence-corrected chi connectivity index (χ1v) is 7.70. The molecule has 0 unspecified atom stereocenters. The number of nitrogens with zero attached hydrogens (tertiary/aromatic N) is 3. The number of hydrogen-bond acceptors (Lipinski definition) is 3. The highest BCUT2D eigenvalue weighted by Crippen LogP contribution is 2.25. The quantitative estimate of drug-likeness (QED) is 0.546. The fourth-order valence-electron chi connectivity index (χ4n) is 2.77. The monoisotopic (exact) mass is 303 g/mol. The zero-order valence-electron chi connectivity index (χ0n) is 13.1. The normalized spacial score (nSPS) is 11.4. The van der Waals surface area contributed by atoms with E-state index >= 15 is 0 Å². The lowest BCUT2D eigenvalue weighted by molar-refractivity contribution is 0.422. The van der Waals surface area contributed by atoms with Crippen LogP contribution in [0.2, 0.25) is 0 Å². The number of aromatic nitrogens is 3. The van der Waals surface area contributed by atoms with E-state index in [0.717, 1.165) is 28.0 Å². The van der Waals surface area contributed by atoms with E-state index in [1.807, 2.05) is 24.5 Å². The summed E-state index contributed by atoms with van der Waals surface area (Å²) in [6, 6.07) is 16.5. The lowest BCUT2D eigenvalue weighted by Crippen LogP contribution is -1.93. The predicted molar refractivity (Wildman–Crippen MR) is 90.7 cm³/mol. The van der Waals surface area contributed by atoms with E-state index in [1.165, 1.54) is 5.56 Å². The largest absolute Gasteiger partial charge is 0.364 e.